The molecular formula is C24H19ClN2O3. The first kappa shape index (κ1) is 19.9. The number of hydrogen-bond donors (Lipinski definition) is 1. The fourth-order valence-corrected chi connectivity index (χ4v) is 3.76. The van der Waals surface area contributed by atoms with Gasteiger partial charge in [0.2, 0.25) is 5.91 Å². The summed E-state index contributed by atoms with van der Waals surface area (Å²) in [6.07, 6.45) is 0.206. The minimum atomic E-state index is -1.00. The fraction of sp³-hybridized carbons (Fsp3) is 0.125. The first-order valence-electron chi connectivity index (χ1n) is 9.54. The summed E-state index contributed by atoms with van der Waals surface area (Å²) in [7, 11) is 0. The largest absolute Gasteiger partial charge is 0.324 e. The van der Waals surface area contributed by atoms with Crippen molar-refractivity contribution in [2.75, 3.05) is 5.32 Å². The number of hydrogen-bond acceptors (Lipinski definition) is 3. The van der Waals surface area contributed by atoms with E-state index in [1.54, 1.807) is 49.4 Å². The van der Waals surface area contributed by atoms with Crippen LogP contribution >= 0.6 is 11.6 Å². The number of benzene rings is 3. The topological polar surface area (TPSA) is 66.5 Å². The number of fused-ring (bicyclic) bond motifs is 1. The summed E-state index contributed by atoms with van der Waals surface area (Å²) >= 11 is 6.17. The Bertz CT molecular complexity index is 1110. The summed E-state index contributed by atoms with van der Waals surface area (Å²) in [5.41, 5.74) is 2.73. The highest BCUT2D eigenvalue weighted by Gasteiger charge is 2.42. The van der Waals surface area contributed by atoms with Crippen LogP contribution in [-0.4, -0.2) is 28.7 Å². The van der Waals surface area contributed by atoms with Crippen LogP contribution in [0.2, 0.25) is 5.02 Å². The molecule has 1 N–H and O–H groups in total. The molecule has 30 heavy (non-hydrogen) atoms. The molecule has 0 fully saturated rings. The van der Waals surface area contributed by atoms with Crippen molar-refractivity contribution >= 4 is 35.0 Å². The molecule has 0 aliphatic carbocycles. The first-order chi connectivity index (χ1) is 14.5. The Morgan fingerprint density at radius 1 is 0.900 bits per heavy atom. The lowest BCUT2D eigenvalue weighted by atomic mass is 10.0. The van der Waals surface area contributed by atoms with Gasteiger partial charge in [0, 0.05) is 17.1 Å². The molecule has 3 amide bonds. The maximum absolute atomic E-state index is 13.3. The number of nitrogens with one attached hydrogen (secondary N) is 1. The summed E-state index contributed by atoms with van der Waals surface area (Å²) in [4.78, 5) is 40.4. The van der Waals surface area contributed by atoms with Crippen molar-refractivity contribution in [1.82, 2.24) is 4.90 Å². The zero-order valence-corrected chi connectivity index (χ0v) is 17.0. The minimum absolute atomic E-state index is 0.206. The molecule has 0 aromatic heterocycles. The molecule has 150 valence electrons. The van der Waals surface area contributed by atoms with Crippen LogP contribution in [0.3, 0.4) is 0 Å². The molecule has 1 atom stereocenters. The van der Waals surface area contributed by atoms with Crippen LogP contribution in [0.5, 0.6) is 0 Å². The normalized spacial score (nSPS) is 13.9. The Morgan fingerprint density at radius 3 is 2.13 bits per heavy atom. The predicted molar refractivity (Wildman–Crippen MR) is 116 cm³/mol. The maximum atomic E-state index is 13.3. The molecule has 0 radical (unpaired) electrons. The number of halogens is 1. The van der Waals surface area contributed by atoms with Crippen LogP contribution < -0.4 is 5.32 Å². The molecule has 0 saturated heterocycles. The second-order valence-corrected chi connectivity index (χ2v) is 7.54. The smallest absolute Gasteiger partial charge is 0.262 e. The average molecular weight is 419 g/mol. The van der Waals surface area contributed by atoms with Crippen molar-refractivity contribution in [1.29, 1.82) is 0 Å². The summed E-state index contributed by atoms with van der Waals surface area (Å²) in [6.45, 7) is 1.80. The molecule has 1 heterocycles. The molecule has 6 heteroatoms. The molecule has 3 aromatic carbocycles. The van der Waals surface area contributed by atoms with Gasteiger partial charge in [-0.2, -0.15) is 0 Å². The number of imide groups is 1. The van der Waals surface area contributed by atoms with Crippen molar-refractivity contribution < 1.29 is 14.4 Å². The predicted octanol–water partition coefficient (Wildman–Crippen LogP) is 4.49. The Hall–Kier alpha value is -3.44. The van der Waals surface area contributed by atoms with E-state index in [4.69, 9.17) is 11.6 Å². The zero-order chi connectivity index (χ0) is 21.3. The van der Waals surface area contributed by atoms with E-state index >= 15 is 0 Å². The molecule has 1 unspecified atom stereocenters. The number of amides is 3. The van der Waals surface area contributed by atoms with Crippen molar-refractivity contribution in [3.63, 3.8) is 0 Å². The summed E-state index contributed by atoms with van der Waals surface area (Å²) < 4.78 is 0. The summed E-state index contributed by atoms with van der Waals surface area (Å²) in [6, 6.07) is 20.1. The molecule has 1 aliphatic rings. The first-order valence-corrected chi connectivity index (χ1v) is 9.92. The summed E-state index contributed by atoms with van der Waals surface area (Å²) in [5, 5.41) is 3.37. The number of carbonyl (C=O) groups excluding carboxylic acids is 3. The van der Waals surface area contributed by atoms with Crippen LogP contribution in [0.15, 0.2) is 72.8 Å². The molecule has 4 rings (SSSR count). The van der Waals surface area contributed by atoms with E-state index in [1.807, 2.05) is 30.3 Å². The average Bonchev–Trinajstić information content (AvgIpc) is 3.01. The lowest BCUT2D eigenvalue weighted by Crippen LogP contribution is -2.48. The van der Waals surface area contributed by atoms with Gasteiger partial charge in [0.25, 0.3) is 11.8 Å². The van der Waals surface area contributed by atoms with E-state index in [0.717, 1.165) is 10.5 Å². The Balaban J connectivity index is 1.70. The highest BCUT2D eigenvalue weighted by Crippen LogP contribution is 2.28. The Labute approximate surface area is 179 Å². The third-order valence-electron chi connectivity index (χ3n) is 5.24. The van der Waals surface area contributed by atoms with E-state index in [1.165, 1.54) is 0 Å². The lowest BCUT2D eigenvalue weighted by molar-refractivity contribution is -0.119. The van der Waals surface area contributed by atoms with E-state index in [0.29, 0.717) is 27.4 Å². The minimum Gasteiger partial charge on any atom is -0.324 e. The van der Waals surface area contributed by atoms with Crippen molar-refractivity contribution in [3.8, 4) is 0 Å². The van der Waals surface area contributed by atoms with Crippen LogP contribution in [0.1, 0.15) is 31.8 Å². The lowest BCUT2D eigenvalue weighted by Gasteiger charge is -2.26. The quantitative estimate of drug-likeness (QED) is 0.620. The summed E-state index contributed by atoms with van der Waals surface area (Å²) in [5.74, 6) is -1.37. The van der Waals surface area contributed by atoms with Gasteiger partial charge in [-0.05, 0) is 42.3 Å². The fourth-order valence-electron chi connectivity index (χ4n) is 3.59. The third-order valence-corrected chi connectivity index (χ3v) is 5.65. The number of rotatable bonds is 5. The molecule has 3 aromatic rings. The van der Waals surface area contributed by atoms with Gasteiger partial charge in [-0.25, -0.2) is 0 Å². The maximum Gasteiger partial charge on any atom is 0.262 e. The van der Waals surface area contributed by atoms with E-state index in [-0.39, 0.29) is 6.42 Å². The van der Waals surface area contributed by atoms with E-state index in [9.17, 15) is 14.4 Å². The molecule has 0 bridgehead atoms. The third kappa shape index (κ3) is 3.60. The van der Waals surface area contributed by atoms with Gasteiger partial charge in [0.1, 0.15) is 6.04 Å². The molecule has 5 nitrogen and oxygen atoms in total. The molecule has 1 aliphatic heterocycles. The monoisotopic (exact) mass is 418 g/mol. The van der Waals surface area contributed by atoms with Crippen molar-refractivity contribution in [3.05, 3.63) is 100 Å². The Morgan fingerprint density at radius 2 is 1.50 bits per heavy atom. The van der Waals surface area contributed by atoms with Gasteiger partial charge in [0.05, 0.1) is 11.1 Å². The van der Waals surface area contributed by atoms with Crippen molar-refractivity contribution in [2.45, 2.75) is 19.4 Å². The van der Waals surface area contributed by atoms with Gasteiger partial charge < -0.3 is 5.32 Å². The van der Waals surface area contributed by atoms with Crippen LogP contribution in [-0.2, 0) is 11.2 Å². The van der Waals surface area contributed by atoms with Crippen molar-refractivity contribution in [2.24, 2.45) is 0 Å². The van der Waals surface area contributed by atoms with Gasteiger partial charge in [-0.1, -0.05) is 60.1 Å². The van der Waals surface area contributed by atoms with Crippen LogP contribution in [0.25, 0.3) is 0 Å². The highest BCUT2D eigenvalue weighted by molar-refractivity contribution is 6.31. The molecule has 0 spiro atoms. The van der Waals surface area contributed by atoms with Gasteiger partial charge in [-0.15, -0.1) is 0 Å². The SMILES string of the molecule is Cc1c(Cl)cccc1NC(=O)C(Cc1ccccc1)N1C(=O)c2ccccc2C1=O. The van der Waals surface area contributed by atoms with E-state index < -0.39 is 23.8 Å². The molecular weight excluding hydrogens is 400 g/mol. The van der Waals surface area contributed by atoms with Crippen LogP contribution in [0, 0.1) is 6.92 Å². The highest BCUT2D eigenvalue weighted by atomic mass is 35.5. The second-order valence-electron chi connectivity index (χ2n) is 7.13. The number of carbonyl (C=O) groups is 3. The van der Waals surface area contributed by atoms with Gasteiger partial charge in [-0.3, -0.25) is 19.3 Å². The molecule has 0 saturated carbocycles. The number of nitrogens with zero attached hydrogens (tertiary/aromatic N) is 1. The van der Waals surface area contributed by atoms with Gasteiger partial charge >= 0.3 is 0 Å². The standard InChI is InChI=1S/C24H19ClN2O3/c1-15-19(25)12-7-13-20(15)26-22(28)21(14-16-8-3-2-4-9-16)27-23(29)17-10-5-6-11-18(17)24(27)30/h2-13,21H,14H2,1H3,(H,26,28). The Kier molecular flexibility index (Phi) is 5.38. The van der Waals surface area contributed by atoms with E-state index in [2.05, 4.69) is 5.32 Å². The van der Waals surface area contributed by atoms with Crippen LogP contribution in [0.4, 0.5) is 5.69 Å². The van der Waals surface area contributed by atoms with Gasteiger partial charge in [0.15, 0.2) is 0 Å². The second kappa shape index (κ2) is 8.13. The zero-order valence-electron chi connectivity index (χ0n) is 16.3. The number of anilines is 1.